The van der Waals surface area contributed by atoms with Crippen LogP contribution in [0.2, 0.25) is 0 Å². The van der Waals surface area contributed by atoms with Gasteiger partial charge in [0.15, 0.2) is 0 Å². The predicted octanol–water partition coefficient (Wildman–Crippen LogP) is 6.88. The lowest BCUT2D eigenvalue weighted by Crippen LogP contribution is -2.22. The van der Waals surface area contributed by atoms with Crippen molar-refractivity contribution in [2.75, 3.05) is 13.1 Å². The molecule has 0 bridgehead atoms. The lowest BCUT2D eigenvalue weighted by atomic mass is 10.0. The van der Waals surface area contributed by atoms with Crippen LogP contribution in [0.4, 0.5) is 0 Å². The molecule has 2 fully saturated rings. The average Bonchev–Trinajstić information content (AvgIpc) is 3.89. The SMILES string of the molecule is c1ccc([C@@H]2Oc3cc(-c4cnc(C5CCCN5)[nH]4)ccc3-c3cc4cc(-c5cnc(C6CCCN6)[nH]5)ccc4n32)cc1. The second-order valence-corrected chi connectivity index (χ2v) is 11.9. The van der Waals surface area contributed by atoms with Crippen LogP contribution in [0.1, 0.15) is 61.2 Å². The molecule has 8 heteroatoms. The topological polar surface area (TPSA) is 95.6 Å². The Kier molecular flexibility index (Phi) is 5.77. The molecule has 3 aliphatic rings. The van der Waals surface area contributed by atoms with Crippen molar-refractivity contribution in [1.29, 1.82) is 0 Å². The molecule has 214 valence electrons. The van der Waals surface area contributed by atoms with E-state index < -0.39 is 0 Å². The van der Waals surface area contributed by atoms with Crippen LogP contribution in [0.15, 0.2) is 85.2 Å². The summed E-state index contributed by atoms with van der Waals surface area (Å²) in [5.74, 6) is 2.90. The van der Waals surface area contributed by atoms with Crippen LogP contribution in [0.25, 0.3) is 44.7 Å². The van der Waals surface area contributed by atoms with Gasteiger partial charge >= 0.3 is 0 Å². The van der Waals surface area contributed by atoms with E-state index in [0.29, 0.717) is 12.1 Å². The zero-order valence-electron chi connectivity index (χ0n) is 23.8. The van der Waals surface area contributed by atoms with E-state index >= 15 is 0 Å². The van der Waals surface area contributed by atoms with Gasteiger partial charge in [0.05, 0.1) is 47.1 Å². The van der Waals surface area contributed by atoms with Crippen LogP contribution < -0.4 is 15.4 Å². The molecule has 6 heterocycles. The molecule has 0 spiro atoms. The molecular formula is C35H33N7O. The van der Waals surface area contributed by atoms with Gasteiger partial charge < -0.3 is 29.9 Å². The van der Waals surface area contributed by atoms with E-state index in [1.807, 2.05) is 18.5 Å². The summed E-state index contributed by atoms with van der Waals surface area (Å²) in [4.78, 5) is 16.5. The fraction of sp³-hybridized carbons (Fsp3) is 0.257. The van der Waals surface area contributed by atoms with Crippen molar-refractivity contribution in [3.63, 3.8) is 0 Å². The van der Waals surface area contributed by atoms with Gasteiger partial charge in [-0.25, -0.2) is 9.97 Å². The van der Waals surface area contributed by atoms with Gasteiger partial charge in [0.2, 0.25) is 6.23 Å². The highest BCUT2D eigenvalue weighted by atomic mass is 16.5. The monoisotopic (exact) mass is 567 g/mol. The van der Waals surface area contributed by atoms with Crippen molar-refractivity contribution in [3.05, 3.63) is 102 Å². The molecule has 4 N–H and O–H groups in total. The van der Waals surface area contributed by atoms with Crippen LogP contribution >= 0.6 is 0 Å². The predicted molar refractivity (Wildman–Crippen MR) is 168 cm³/mol. The number of hydrogen-bond donors (Lipinski definition) is 4. The van der Waals surface area contributed by atoms with Crippen LogP contribution in [-0.2, 0) is 0 Å². The summed E-state index contributed by atoms with van der Waals surface area (Å²) in [6.45, 7) is 2.10. The van der Waals surface area contributed by atoms with E-state index in [-0.39, 0.29) is 6.23 Å². The molecule has 8 nitrogen and oxygen atoms in total. The van der Waals surface area contributed by atoms with Gasteiger partial charge in [0.25, 0.3) is 0 Å². The number of aromatic amines is 2. The Labute approximate surface area is 249 Å². The van der Waals surface area contributed by atoms with Gasteiger partial charge in [0.1, 0.15) is 17.4 Å². The minimum absolute atomic E-state index is 0.283. The molecular weight excluding hydrogens is 534 g/mol. The number of imidazole rings is 2. The van der Waals surface area contributed by atoms with Gasteiger partial charge in [-0.1, -0.05) is 42.5 Å². The average molecular weight is 568 g/mol. The summed E-state index contributed by atoms with van der Waals surface area (Å²) >= 11 is 0. The zero-order valence-corrected chi connectivity index (χ0v) is 23.8. The normalized spacial score (nSPS) is 21.2. The van der Waals surface area contributed by atoms with Crippen LogP contribution in [0, 0.1) is 0 Å². The third kappa shape index (κ3) is 4.20. The number of aromatic nitrogens is 5. The van der Waals surface area contributed by atoms with Crippen LogP contribution in [0.5, 0.6) is 5.75 Å². The molecule has 0 amide bonds. The molecule has 3 aliphatic heterocycles. The highest BCUT2D eigenvalue weighted by molar-refractivity contribution is 5.92. The second-order valence-electron chi connectivity index (χ2n) is 11.9. The summed E-state index contributed by atoms with van der Waals surface area (Å²) in [6.07, 6.45) is 8.24. The molecule has 9 rings (SSSR count). The van der Waals surface area contributed by atoms with E-state index in [1.165, 1.54) is 18.2 Å². The first kappa shape index (κ1) is 24.9. The number of benzene rings is 3. The number of ether oxygens (including phenoxy) is 1. The van der Waals surface area contributed by atoms with Gasteiger partial charge in [-0.2, -0.15) is 0 Å². The first-order valence-corrected chi connectivity index (χ1v) is 15.4. The Bertz CT molecular complexity index is 1940. The molecule has 43 heavy (non-hydrogen) atoms. The number of H-pyrrole nitrogens is 2. The smallest absolute Gasteiger partial charge is 0.203 e. The lowest BCUT2D eigenvalue weighted by Gasteiger charge is -2.30. The van der Waals surface area contributed by atoms with E-state index in [9.17, 15) is 0 Å². The van der Waals surface area contributed by atoms with E-state index in [2.05, 4.69) is 91.9 Å². The van der Waals surface area contributed by atoms with Gasteiger partial charge in [-0.3, -0.25) is 0 Å². The van der Waals surface area contributed by atoms with E-state index in [4.69, 9.17) is 14.7 Å². The second kappa shape index (κ2) is 9.97. The molecule has 3 aromatic carbocycles. The maximum Gasteiger partial charge on any atom is 0.203 e. The van der Waals surface area contributed by atoms with Crippen LogP contribution in [-0.4, -0.2) is 37.6 Å². The molecule has 3 aromatic heterocycles. The summed E-state index contributed by atoms with van der Waals surface area (Å²) in [5, 5.41) is 8.25. The van der Waals surface area contributed by atoms with Gasteiger partial charge in [0, 0.05) is 27.6 Å². The molecule has 2 saturated heterocycles. The van der Waals surface area contributed by atoms with E-state index in [1.54, 1.807) is 0 Å². The molecule has 3 atom stereocenters. The summed E-state index contributed by atoms with van der Waals surface area (Å²) in [7, 11) is 0. The highest BCUT2D eigenvalue weighted by Crippen LogP contribution is 2.46. The van der Waals surface area contributed by atoms with Crippen molar-refractivity contribution in [3.8, 4) is 39.5 Å². The fourth-order valence-electron chi connectivity index (χ4n) is 7.03. The number of nitrogens with one attached hydrogen (secondary N) is 4. The molecule has 0 radical (unpaired) electrons. The first-order valence-electron chi connectivity index (χ1n) is 15.4. The molecule has 0 aliphatic carbocycles. The summed E-state index contributed by atoms with van der Waals surface area (Å²) in [6, 6.07) is 26.6. The highest BCUT2D eigenvalue weighted by Gasteiger charge is 2.30. The maximum absolute atomic E-state index is 6.85. The number of nitrogens with zero attached hydrogens (tertiary/aromatic N) is 3. The third-order valence-electron chi connectivity index (χ3n) is 9.25. The van der Waals surface area contributed by atoms with Crippen molar-refractivity contribution in [2.24, 2.45) is 0 Å². The Morgan fingerprint density at radius 3 is 2.07 bits per heavy atom. The Balaban J connectivity index is 1.13. The van der Waals surface area contributed by atoms with E-state index in [0.717, 1.165) is 88.2 Å². The summed E-state index contributed by atoms with van der Waals surface area (Å²) in [5.41, 5.74) is 8.74. The number of rotatable bonds is 5. The third-order valence-corrected chi connectivity index (χ3v) is 9.25. The number of fused-ring (bicyclic) bond motifs is 5. The van der Waals surface area contributed by atoms with Gasteiger partial charge in [-0.15, -0.1) is 0 Å². The molecule has 6 aromatic rings. The summed E-state index contributed by atoms with van der Waals surface area (Å²) < 4.78 is 9.18. The molecule has 2 unspecified atom stereocenters. The van der Waals surface area contributed by atoms with Crippen LogP contribution in [0.3, 0.4) is 0 Å². The molecule has 0 saturated carbocycles. The Hall–Kier alpha value is -4.66. The largest absolute Gasteiger partial charge is 0.465 e. The minimum atomic E-state index is -0.283. The van der Waals surface area contributed by atoms with Crippen molar-refractivity contribution in [2.45, 2.75) is 44.0 Å². The quantitative estimate of drug-likeness (QED) is 0.182. The fourth-order valence-corrected chi connectivity index (χ4v) is 7.03. The maximum atomic E-state index is 6.85. The number of hydrogen-bond acceptors (Lipinski definition) is 5. The van der Waals surface area contributed by atoms with Crippen molar-refractivity contribution >= 4 is 10.9 Å². The first-order chi connectivity index (χ1) is 21.3. The Morgan fingerprint density at radius 1 is 0.721 bits per heavy atom. The standard InChI is InChI=1S/C35H33N7O/c1-2-6-21(7-3-1)35-42-30-13-11-22(28-19-38-33(40-28)26-8-4-14-36-26)16-24(30)17-31(42)25-12-10-23(18-32(25)43-35)29-20-39-34(41-29)27-9-5-15-37-27/h1-3,6-7,10-13,16-20,26-27,35-37H,4-5,8-9,14-15H2,(H,38,40)(H,39,41)/t26?,27?,35-/m0/s1. The lowest BCUT2D eigenvalue weighted by molar-refractivity contribution is 0.173. The minimum Gasteiger partial charge on any atom is -0.465 e. The zero-order chi connectivity index (χ0) is 28.3. The van der Waals surface area contributed by atoms with Gasteiger partial charge in [-0.05, 0) is 69.1 Å². The Morgan fingerprint density at radius 2 is 1.40 bits per heavy atom. The van der Waals surface area contributed by atoms with Crippen molar-refractivity contribution < 1.29 is 4.74 Å². The van der Waals surface area contributed by atoms with Crippen molar-refractivity contribution in [1.82, 2.24) is 35.1 Å².